The molecule has 2 atom stereocenters. The Morgan fingerprint density at radius 3 is 3.10 bits per heavy atom. The summed E-state index contributed by atoms with van der Waals surface area (Å²) in [6.45, 7) is 3.71. The first-order chi connectivity index (χ1) is 10.1. The van der Waals surface area contributed by atoms with Gasteiger partial charge in [0.25, 0.3) is 0 Å². The number of hydrogen-bond donors (Lipinski definition) is 2. The second-order valence-electron chi connectivity index (χ2n) is 6.14. The minimum atomic E-state index is 0.161. The number of aromatic amines is 1. The van der Waals surface area contributed by atoms with Crippen LogP contribution in [0.25, 0.3) is 10.9 Å². The highest BCUT2D eigenvalue weighted by molar-refractivity contribution is 5.88. The van der Waals surface area contributed by atoms with Gasteiger partial charge in [0.2, 0.25) is 5.91 Å². The van der Waals surface area contributed by atoms with Crippen LogP contribution in [0.4, 0.5) is 0 Å². The van der Waals surface area contributed by atoms with Crippen molar-refractivity contribution in [3.63, 3.8) is 0 Å². The van der Waals surface area contributed by atoms with Crippen molar-refractivity contribution in [2.75, 3.05) is 13.1 Å². The molecule has 1 aliphatic rings. The molecule has 0 saturated carbocycles. The molecule has 3 rings (SSSR count). The van der Waals surface area contributed by atoms with E-state index < -0.39 is 0 Å². The van der Waals surface area contributed by atoms with Gasteiger partial charge in [-0.15, -0.1) is 0 Å². The molecule has 0 aliphatic carbocycles. The van der Waals surface area contributed by atoms with Crippen LogP contribution in [0.1, 0.15) is 25.3 Å². The molecule has 1 aromatic carbocycles. The highest BCUT2D eigenvalue weighted by atomic mass is 16.2. The topological polar surface area (TPSA) is 62.1 Å². The Bertz CT molecular complexity index is 632. The molecule has 4 heteroatoms. The van der Waals surface area contributed by atoms with E-state index >= 15 is 0 Å². The van der Waals surface area contributed by atoms with Crippen molar-refractivity contribution in [2.24, 2.45) is 11.7 Å². The van der Waals surface area contributed by atoms with Crippen LogP contribution >= 0.6 is 0 Å². The third-order valence-electron chi connectivity index (χ3n) is 4.57. The first kappa shape index (κ1) is 14.1. The Balaban J connectivity index is 1.71. The van der Waals surface area contributed by atoms with Gasteiger partial charge in [-0.25, -0.2) is 0 Å². The molecule has 2 heterocycles. The number of carbonyl (C=O) groups excluding carboxylic acids is 1. The number of nitrogens with one attached hydrogen (secondary N) is 1. The SMILES string of the molecule is CC(N)C1CCCN(C(=O)Cc2c[nH]c3ccccc23)C1. The van der Waals surface area contributed by atoms with E-state index in [2.05, 4.69) is 11.1 Å². The number of amides is 1. The number of carbonyl (C=O) groups is 1. The monoisotopic (exact) mass is 285 g/mol. The summed E-state index contributed by atoms with van der Waals surface area (Å²) in [7, 11) is 0. The molecule has 2 unspecified atom stereocenters. The second kappa shape index (κ2) is 5.90. The van der Waals surface area contributed by atoms with Gasteiger partial charge in [-0.05, 0) is 37.3 Å². The summed E-state index contributed by atoms with van der Waals surface area (Å²) in [6.07, 6.45) is 4.62. The molecule has 1 amide bonds. The first-order valence-electron chi connectivity index (χ1n) is 7.73. The third-order valence-corrected chi connectivity index (χ3v) is 4.57. The lowest BCUT2D eigenvalue weighted by molar-refractivity contribution is -0.132. The number of H-pyrrole nitrogens is 1. The van der Waals surface area contributed by atoms with Crippen LogP contribution in [0.2, 0.25) is 0 Å². The smallest absolute Gasteiger partial charge is 0.227 e. The van der Waals surface area contributed by atoms with Crippen LogP contribution in [-0.4, -0.2) is 34.9 Å². The average molecular weight is 285 g/mol. The van der Waals surface area contributed by atoms with Crippen LogP contribution < -0.4 is 5.73 Å². The molecule has 1 fully saturated rings. The molecule has 1 aliphatic heterocycles. The largest absolute Gasteiger partial charge is 0.361 e. The van der Waals surface area contributed by atoms with Crippen LogP contribution in [0.5, 0.6) is 0 Å². The van der Waals surface area contributed by atoms with E-state index in [0.717, 1.165) is 42.4 Å². The van der Waals surface area contributed by atoms with Crippen molar-refractivity contribution in [2.45, 2.75) is 32.2 Å². The molecule has 0 bridgehead atoms. The zero-order chi connectivity index (χ0) is 14.8. The minimum absolute atomic E-state index is 0.161. The summed E-state index contributed by atoms with van der Waals surface area (Å²) in [5.41, 5.74) is 8.17. The Kier molecular flexibility index (Phi) is 3.97. The Hall–Kier alpha value is -1.81. The number of fused-ring (bicyclic) bond motifs is 1. The number of rotatable bonds is 3. The van der Waals surface area contributed by atoms with E-state index in [-0.39, 0.29) is 11.9 Å². The van der Waals surface area contributed by atoms with Gasteiger partial charge >= 0.3 is 0 Å². The van der Waals surface area contributed by atoms with Crippen LogP contribution in [-0.2, 0) is 11.2 Å². The maximum atomic E-state index is 12.5. The Labute approximate surface area is 125 Å². The van der Waals surface area contributed by atoms with Crippen LogP contribution in [0.15, 0.2) is 30.5 Å². The molecular weight excluding hydrogens is 262 g/mol. The molecule has 0 spiro atoms. The summed E-state index contributed by atoms with van der Waals surface area (Å²) >= 11 is 0. The maximum Gasteiger partial charge on any atom is 0.227 e. The quantitative estimate of drug-likeness (QED) is 0.909. The van der Waals surface area contributed by atoms with Gasteiger partial charge in [0.15, 0.2) is 0 Å². The van der Waals surface area contributed by atoms with Crippen molar-refractivity contribution in [1.29, 1.82) is 0 Å². The number of para-hydroxylation sites is 1. The highest BCUT2D eigenvalue weighted by Crippen LogP contribution is 2.22. The average Bonchev–Trinajstić information content (AvgIpc) is 2.91. The van der Waals surface area contributed by atoms with E-state index in [0.29, 0.717) is 12.3 Å². The van der Waals surface area contributed by atoms with E-state index in [4.69, 9.17) is 5.73 Å². The Morgan fingerprint density at radius 1 is 1.48 bits per heavy atom. The van der Waals surface area contributed by atoms with Gasteiger partial charge < -0.3 is 15.6 Å². The van der Waals surface area contributed by atoms with Crippen molar-refractivity contribution < 1.29 is 4.79 Å². The van der Waals surface area contributed by atoms with Crippen molar-refractivity contribution in [3.05, 3.63) is 36.0 Å². The number of piperidine rings is 1. The fourth-order valence-corrected chi connectivity index (χ4v) is 3.22. The molecule has 21 heavy (non-hydrogen) atoms. The van der Waals surface area contributed by atoms with Crippen molar-refractivity contribution >= 4 is 16.8 Å². The predicted octanol–water partition coefficient (Wildman–Crippen LogP) is 2.30. The van der Waals surface area contributed by atoms with E-state index in [9.17, 15) is 4.79 Å². The summed E-state index contributed by atoms with van der Waals surface area (Å²) in [4.78, 5) is 17.8. The molecule has 2 aromatic rings. The number of nitrogens with two attached hydrogens (primary N) is 1. The summed E-state index contributed by atoms with van der Waals surface area (Å²) in [5.74, 6) is 0.649. The number of nitrogens with zero attached hydrogens (tertiary/aromatic N) is 1. The molecule has 3 N–H and O–H groups in total. The predicted molar refractivity (Wildman–Crippen MR) is 85.0 cm³/mol. The third kappa shape index (κ3) is 2.95. The molecular formula is C17H23N3O. The van der Waals surface area contributed by atoms with Crippen LogP contribution in [0.3, 0.4) is 0 Å². The fourth-order valence-electron chi connectivity index (χ4n) is 3.22. The second-order valence-corrected chi connectivity index (χ2v) is 6.14. The van der Waals surface area contributed by atoms with Crippen molar-refractivity contribution in [1.82, 2.24) is 9.88 Å². The lowest BCUT2D eigenvalue weighted by Crippen LogP contribution is -2.45. The lowest BCUT2D eigenvalue weighted by atomic mass is 9.92. The van der Waals surface area contributed by atoms with Gasteiger partial charge in [0, 0.05) is 36.2 Å². The Morgan fingerprint density at radius 2 is 2.29 bits per heavy atom. The number of benzene rings is 1. The van der Waals surface area contributed by atoms with Crippen LogP contribution in [0, 0.1) is 5.92 Å². The number of likely N-dealkylation sites (tertiary alicyclic amines) is 1. The standard InChI is InChI=1S/C17H23N3O/c1-12(18)13-5-4-8-20(11-13)17(21)9-14-10-19-16-7-3-2-6-15(14)16/h2-3,6-7,10,12-13,19H,4-5,8-9,11,18H2,1H3. The number of hydrogen-bond acceptors (Lipinski definition) is 2. The summed E-state index contributed by atoms with van der Waals surface area (Å²) in [6, 6.07) is 8.28. The zero-order valence-corrected chi connectivity index (χ0v) is 12.5. The van der Waals surface area contributed by atoms with Gasteiger partial charge in [-0.1, -0.05) is 18.2 Å². The molecule has 1 aromatic heterocycles. The van der Waals surface area contributed by atoms with E-state index in [1.54, 1.807) is 0 Å². The maximum absolute atomic E-state index is 12.5. The normalized spacial score (nSPS) is 20.7. The zero-order valence-electron chi connectivity index (χ0n) is 12.5. The van der Waals surface area contributed by atoms with E-state index in [1.165, 1.54) is 0 Å². The molecule has 0 radical (unpaired) electrons. The van der Waals surface area contributed by atoms with Gasteiger partial charge in [0.05, 0.1) is 6.42 Å². The summed E-state index contributed by atoms with van der Waals surface area (Å²) in [5, 5.41) is 1.15. The lowest BCUT2D eigenvalue weighted by Gasteiger charge is -2.34. The van der Waals surface area contributed by atoms with E-state index in [1.807, 2.05) is 36.2 Å². The molecule has 112 valence electrons. The van der Waals surface area contributed by atoms with Crippen molar-refractivity contribution in [3.8, 4) is 0 Å². The molecule has 4 nitrogen and oxygen atoms in total. The molecule has 1 saturated heterocycles. The van der Waals surface area contributed by atoms with Gasteiger partial charge in [-0.2, -0.15) is 0 Å². The van der Waals surface area contributed by atoms with Gasteiger partial charge in [0.1, 0.15) is 0 Å². The van der Waals surface area contributed by atoms with Gasteiger partial charge in [-0.3, -0.25) is 4.79 Å². The number of aromatic nitrogens is 1. The first-order valence-corrected chi connectivity index (χ1v) is 7.73. The minimum Gasteiger partial charge on any atom is -0.361 e. The summed E-state index contributed by atoms with van der Waals surface area (Å²) < 4.78 is 0. The fraction of sp³-hybridized carbons (Fsp3) is 0.471. The highest BCUT2D eigenvalue weighted by Gasteiger charge is 2.26.